The molecule has 2 aromatic rings. The molecular weight excluding hydrogens is 494 g/mol. The number of nitrogens with zero attached hydrogens (tertiary/aromatic N) is 2. The zero-order valence-corrected chi connectivity index (χ0v) is 18.5. The van der Waals surface area contributed by atoms with Gasteiger partial charge in [0.15, 0.2) is 5.17 Å². The van der Waals surface area contributed by atoms with E-state index in [4.69, 9.17) is 0 Å². The van der Waals surface area contributed by atoms with Crippen LogP contribution in [0.1, 0.15) is 13.3 Å². The van der Waals surface area contributed by atoms with E-state index in [0.29, 0.717) is 11.7 Å². The molecule has 140 valence electrons. The van der Waals surface area contributed by atoms with Crippen LogP contribution in [-0.4, -0.2) is 33.7 Å². The van der Waals surface area contributed by atoms with Crippen LogP contribution in [-0.2, 0) is 9.59 Å². The van der Waals surface area contributed by atoms with Crippen LogP contribution in [0.2, 0.25) is 0 Å². The predicted molar refractivity (Wildman–Crippen MR) is 117 cm³/mol. The van der Waals surface area contributed by atoms with Gasteiger partial charge in [0.2, 0.25) is 11.8 Å². The van der Waals surface area contributed by atoms with E-state index in [9.17, 15) is 9.59 Å². The summed E-state index contributed by atoms with van der Waals surface area (Å²) >= 11 is 8.24. The van der Waals surface area contributed by atoms with Gasteiger partial charge in [-0.1, -0.05) is 45.9 Å². The van der Waals surface area contributed by atoms with E-state index < -0.39 is 5.25 Å². The fourth-order valence-corrected chi connectivity index (χ4v) is 4.94. The third kappa shape index (κ3) is 5.00. The number of benzene rings is 2. The minimum atomic E-state index is -0.471. The standard InChI is InChI=1S/C19H17Br2N3O2S/c1-2-24-18(26)16(11-17(25)22-13-6-4-3-5-7-13)27-19(24)23-15-9-8-12(20)10-14(15)21/h3-10,16H,2,11H2,1H3,(H,22,25). The molecule has 0 bridgehead atoms. The van der Waals surface area contributed by atoms with E-state index in [-0.39, 0.29) is 18.2 Å². The number of rotatable bonds is 5. The molecule has 8 heteroatoms. The number of carbonyl (C=O) groups is 2. The van der Waals surface area contributed by atoms with Crippen molar-refractivity contribution in [2.75, 3.05) is 11.9 Å². The van der Waals surface area contributed by atoms with Crippen molar-refractivity contribution in [2.24, 2.45) is 4.99 Å². The number of amidine groups is 1. The highest BCUT2D eigenvalue weighted by Gasteiger charge is 2.38. The first-order valence-corrected chi connectivity index (χ1v) is 10.8. The second-order valence-corrected chi connectivity index (χ2v) is 8.74. The highest BCUT2D eigenvalue weighted by Crippen LogP contribution is 2.34. The van der Waals surface area contributed by atoms with Gasteiger partial charge in [-0.15, -0.1) is 0 Å². The lowest BCUT2D eigenvalue weighted by atomic mass is 10.2. The quantitative estimate of drug-likeness (QED) is 0.601. The molecule has 0 spiro atoms. The average Bonchev–Trinajstić information content (AvgIpc) is 2.92. The maximum Gasteiger partial charge on any atom is 0.242 e. The van der Waals surface area contributed by atoms with Gasteiger partial charge in [0, 0.05) is 27.6 Å². The van der Waals surface area contributed by atoms with Gasteiger partial charge in [0.25, 0.3) is 0 Å². The molecule has 1 aliphatic rings. The number of para-hydroxylation sites is 1. The third-order valence-electron chi connectivity index (χ3n) is 3.89. The van der Waals surface area contributed by atoms with Gasteiger partial charge in [0.05, 0.1) is 5.69 Å². The first-order valence-electron chi connectivity index (χ1n) is 8.34. The van der Waals surface area contributed by atoms with Gasteiger partial charge in [0.1, 0.15) is 5.25 Å². The first kappa shape index (κ1) is 20.1. The summed E-state index contributed by atoms with van der Waals surface area (Å²) in [6.45, 7) is 2.41. The van der Waals surface area contributed by atoms with Crippen LogP contribution in [0, 0.1) is 0 Å². The lowest BCUT2D eigenvalue weighted by Gasteiger charge is -2.13. The number of hydrogen-bond acceptors (Lipinski definition) is 4. The summed E-state index contributed by atoms with van der Waals surface area (Å²) in [6, 6.07) is 14.9. The molecule has 1 N–H and O–H groups in total. The van der Waals surface area contributed by atoms with Crippen molar-refractivity contribution < 1.29 is 9.59 Å². The lowest BCUT2D eigenvalue weighted by Crippen LogP contribution is -2.33. The molecule has 1 fully saturated rings. The topological polar surface area (TPSA) is 61.8 Å². The van der Waals surface area contributed by atoms with Crippen molar-refractivity contribution in [1.82, 2.24) is 4.90 Å². The molecule has 1 atom stereocenters. The Bertz CT molecular complexity index is 890. The van der Waals surface area contributed by atoms with Crippen LogP contribution < -0.4 is 5.32 Å². The van der Waals surface area contributed by atoms with Crippen LogP contribution in [0.25, 0.3) is 0 Å². The van der Waals surface area contributed by atoms with E-state index in [0.717, 1.165) is 20.3 Å². The molecule has 27 heavy (non-hydrogen) atoms. The zero-order valence-electron chi connectivity index (χ0n) is 14.5. The summed E-state index contributed by atoms with van der Waals surface area (Å²) in [5.74, 6) is -0.271. The van der Waals surface area contributed by atoms with Crippen LogP contribution in [0.4, 0.5) is 11.4 Å². The normalized spacial score (nSPS) is 18.2. The number of carbonyl (C=O) groups excluding carboxylic acids is 2. The van der Waals surface area contributed by atoms with Crippen LogP contribution in [0.3, 0.4) is 0 Å². The number of aliphatic imine (C=N–C) groups is 1. The fraction of sp³-hybridized carbons (Fsp3) is 0.211. The van der Waals surface area contributed by atoms with Gasteiger partial charge >= 0.3 is 0 Å². The average molecular weight is 511 g/mol. The number of anilines is 1. The predicted octanol–water partition coefficient (Wildman–Crippen LogP) is 5.19. The first-order chi connectivity index (χ1) is 13.0. The highest BCUT2D eigenvalue weighted by atomic mass is 79.9. The lowest BCUT2D eigenvalue weighted by molar-refractivity contribution is -0.128. The largest absolute Gasteiger partial charge is 0.326 e. The minimum Gasteiger partial charge on any atom is -0.326 e. The Kier molecular flexibility index (Phi) is 6.73. The molecule has 1 saturated heterocycles. The molecule has 3 rings (SSSR count). The maximum atomic E-state index is 12.7. The number of nitrogens with one attached hydrogen (secondary N) is 1. The van der Waals surface area contributed by atoms with Crippen molar-refractivity contribution in [3.05, 3.63) is 57.5 Å². The fourth-order valence-electron chi connectivity index (χ4n) is 2.59. The van der Waals surface area contributed by atoms with Crippen molar-refractivity contribution in [3.8, 4) is 0 Å². The molecule has 0 aromatic heterocycles. The molecule has 0 radical (unpaired) electrons. The van der Waals surface area contributed by atoms with Gasteiger partial charge < -0.3 is 5.32 Å². The molecular formula is C19H17Br2N3O2S. The summed E-state index contributed by atoms with van der Waals surface area (Å²) in [7, 11) is 0. The van der Waals surface area contributed by atoms with Gasteiger partial charge in [-0.05, 0) is 53.2 Å². The Morgan fingerprint density at radius 3 is 2.63 bits per heavy atom. The van der Waals surface area contributed by atoms with E-state index >= 15 is 0 Å². The molecule has 2 amide bonds. The Balaban J connectivity index is 1.74. The summed E-state index contributed by atoms with van der Waals surface area (Å²) in [4.78, 5) is 31.3. The second-order valence-electron chi connectivity index (χ2n) is 5.80. The number of halogens is 2. The van der Waals surface area contributed by atoms with Crippen LogP contribution in [0.5, 0.6) is 0 Å². The highest BCUT2D eigenvalue weighted by molar-refractivity contribution is 9.11. The zero-order chi connectivity index (χ0) is 19.4. The Hall–Kier alpha value is -1.64. The van der Waals surface area contributed by atoms with E-state index in [1.807, 2.05) is 55.5 Å². The Morgan fingerprint density at radius 2 is 1.96 bits per heavy atom. The number of hydrogen-bond donors (Lipinski definition) is 1. The molecule has 5 nitrogen and oxygen atoms in total. The van der Waals surface area contributed by atoms with E-state index in [2.05, 4.69) is 42.2 Å². The molecule has 1 aliphatic heterocycles. The summed E-state index contributed by atoms with van der Waals surface area (Å²) in [5.41, 5.74) is 1.46. The number of amides is 2. The van der Waals surface area contributed by atoms with Crippen molar-refractivity contribution >= 4 is 72.0 Å². The summed E-state index contributed by atoms with van der Waals surface area (Å²) in [5, 5.41) is 2.97. The second kappa shape index (κ2) is 9.03. The van der Waals surface area contributed by atoms with Crippen LogP contribution in [0.15, 0.2) is 62.5 Å². The third-order valence-corrected chi connectivity index (χ3v) is 6.19. The summed E-state index contributed by atoms with van der Waals surface area (Å²) < 4.78 is 1.77. The molecule has 0 saturated carbocycles. The van der Waals surface area contributed by atoms with Crippen molar-refractivity contribution in [1.29, 1.82) is 0 Å². The Labute approximate surface area is 178 Å². The van der Waals surface area contributed by atoms with E-state index in [1.165, 1.54) is 11.8 Å². The van der Waals surface area contributed by atoms with Gasteiger partial charge in [-0.2, -0.15) is 0 Å². The molecule has 2 aromatic carbocycles. The smallest absolute Gasteiger partial charge is 0.242 e. The maximum absolute atomic E-state index is 12.7. The molecule has 1 heterocycles. The molecule has 1 unspecified atom stereocenters. The van der Waals surface area contributed by atoms with E-state index in [1.54, 1.807) is 4.90 Å². The van der Waals surface area contributed by atoms with Crippen molar-refractivity contribution in [2.45, 2.75) is 18.6 Å². The Morgan fingerprint density at radius 1 is 1.22 bits per heavy atom. The van der Waals surface area contributed by atoms with Gasteiger partial charge in [-0.25, -0.2) is 4.99 Å². The SMILES string of the molecule is CCN1C(=O)C(CC(=O)Nc2ccccc2)SC1=Nc1ccc(Br)cc1Br. The van der Waals surface area contributed by atoms with Gasteiger partial charge in [-0.3, -0.25) is 14.5 Å². The monoisotopic (exact) mass is 509 g/mol. The van der Waals surface area contributed by atoms with Crippen molar-refractivity contribution in [3.63, 3.8) is 0 Å². The summed E-state index contributed by atoms with van der Waals surface area (Å²) in [6.07, 6.45) is 0.107. The van der Waals surface area contributed by atoms with Crippen LogP contribution >= 0.6 is 43.6 Å². The minimum absolute atomic E-state index is 0.0855. The molecule has 0 aliphatic carbocycles. The number of thioether (sulfide) groups is 1.